The minimum absolute atomic E-state index is 0.0891. The summed E-state index contributed by atoms with van der Waals surface area (Å²) in [7, 11) is 0. The van der Waals surface area contributed by atoms with Crippen LogP contribution in [0.15, 0.2) is 12.3 Å². The monoisotopic (exact) mass is 257 g/mol. The molecule has 5 nitrogen and oxygen atoms in total. The SMILES string of the molecule is CCOCC(C)NC(=O)c1cc(Cl)ncc1N. The molecule has 0 saturated carbocycles. The number of hydrogen-bond donors (Lipinski definition) is 2. The molecule has 6 heteroatoms. The van der Waals surface area contributed by atoms with E-state index in [1.54, 1.807) is 0 Å². The van der Waals surface area contributed by atoms with Crippen LogP contribution in [0.3, 0.4) is 0 Å². The molecule has 1 atom stereocenters. The standard InChI is InChI=1S/C11H16ClN3O2/c1-3-17-6-7(2)15-11(16)8-4-10(12)14-5-9(8)13/h4-5,7H,3,6,13H2,1-2H3,(H,15,16). The van der Waals surface area contributed by atoms with E-state index >= 15 is 0 Å². The highest BCUT2D eigenvalue weighted by Gasteiger charge is 2.13. The number of carbonyl (C=O) groups is 1. The number of ether oxygens (including phenoxy) is 1. The maximum absolute atomic E-state index is 11.9. The molecule has 1 aromatic rings. The molecular formula is C11H16ClN3O2. The van der Waals surface area contributed by atoms with Crippen LogP contribution in [0.2, 0.25) is 5.15 Å². The fraction of sp³-hybridized carbons (Fsp3) is 0.455. The Bertz CT molecular complexity index is 398. The summed E-state index contributed by atoms with van der Waals surface area (Å²) in [6.07, 6.45) is 1.37. The van der Waals surface area contributed by atoms with Gasteiger partial charge in [-0.1, -0.05) is 11.6 Å². The van der Waals surface area contributed by atoms with E-state index in [1.807, 2.05) is 13.8 Å². The molecule has 0 radical (unpaired) electrons. The Balaban J connectivity index is 2.66. The predicted molar refractivity (Wildman–Crippen MR) is 67.1 cm³/mol. The third-order valence-electron chi connectivity index (χ3n) is 2.10. The van der Waals surface area contributed by atoms with Crippen LogP contribution in [0.5, 0.6) is 0 Å². The van der Waals surface area contributed by atoms with Gasteiger partial charge in [-0.25, -0.2) is 4.98 Å². The van der Waals surface area contributed by atoms with Crippen LogP contribution in [0.4, 0.5) is 5.69 Å². The van der Waals surface area contributed by atoms with Crippen LogP contribution >= 0.6 is 11.6 Å². The van der Waals surface area contributed by atoms with Crippen molar-refractivity contribution in [3.63, 3.8) is 0 Å². The van der Waals surface area contributed by atoms with Gasteiger partial charge in [0.1, 0.15) is 5.15 Å². The van der Waals surface area contributed by atoms with Gasteiger partial charge in [-0.3, -0.25) is 4.79 Å². The Morgan fingerprint density at radius 3 is 3.06 bits per heavy atom. The number of nitrogens with two attached hydrogens (primary N) is 1. The van der Waals surface area contributed by atoms with Crippen LogP contribution in [0, 0.1) is 0 Å². The van der Waals surface area contributed by atoms with Gasteiger partial charge in [-0.2, -0.15) is 0 Å². The molecule has 0 fully saturated rings. The number of nitrogens with one attached hydrogen (secondary N) is 1. The third kappa shape index (κ3) is 4.20. The number of aromatic nitrogens is 1. The highest BCUT2D eigenvalue weighted by atomic mass is 35.5. The quantitative estimate of drug-likeness (QED) is 0.783. The second-order valence-electron chi connectivity index (χ2n) is 3.63. The number of pyridine rings is 1. The second kappa shape index (κ2) is 6.42. The Kier molecular flexibility index (Phi) is 5.18. The van der Waals surface area contributed by atoms with E-state index in [0.717, 1.165) is 0 Å². The maximum Gasteiger partial charge on any atom is 0.253 e. The highest BCUT2D eigenvalue weighted by Crippen LogP contribution is 2.14. The molecule has 0 aliphatic rings. The van der Waals surface area contributed by atoms with Gasteiger partial charge in [-0.05, 0) is 19.9 Å². The van der Waals surface area contributed by atoms with Crippen molar-refractivity contribution in [2.45, 2.75) is 19.9 Å². The number of rotatable bonds is 5. The lowest BCUT2D eigenvalue weighted by molar-refractivity contribution is 0.0872. The fourth-order valence-electron chi connectivity index (χ4n) is 1.27. The zero-order valence-corrected chi connectivity index (χ0v) is 10.6. The summed E-state index contributed by atoms with van der Waals surface area (Å²) in [6, 6.07) is 1.35. The first kappa shape index (κ1) is 13.7. The zero-order valence-electron chi connectivity index (χ0n) is 9.87. The summed E-state index contributed by atoms with van der Waals surface area (Å²) in [5.41, 5.74) is 6.28. The van der Waals surface area contributed by atoms with Crippen molar-refractivity contribution >= 4 is 23.2 Å². The van der Waals surface area contributed by atoms with E-state index in [1.165, 1.54) is 12.3 Å². The van der Waals surface area contributed by atoms with Crippen molar-refractivity contribution in [1.29, 1.82) is 0 Å². The van der Waals surface area contributed by atoms with E-state index in [9.17, 15) is 4.79 Å². The lowest BCUT2D eigenvalue weighted by Crippen LogP contribution is -2.36. The molecule has 0 saturated heterocycles. The van der Waals surface area contributed by atoms with Crippen molar-refractivity contribution in [3.8, 4) is 0 Å². The number of anilines is 1. The lowest BCUT2D eigenvalue weighted by Gasteiger charge is -2.14. The number of nitrogens with zero attached hydrogens (tertiary/aromatic N) is 1. The van der Waals surface area contributed by atoms with Crippen LogP contribution in [-0.2, 0) is 4.74 Å². The molecule has 1 amide bonds. The Morgan fingerprint density at radius 1 is 1.71 bits per heavy atom. The number of amides is 1. The van der Waals surface area contributed by atoms with Gasteiger partial charge in [0.2, 0.25) is 0 Å². The summed E-state index contributed by atoms with van der Waals surface area (Å²) in [6.45, 7) is 4.83. The average Bonchev–Trinajstić information content (AvgIpc) is 2.29. The van der Waals surface area contributed by atoms with Gasteiger partial charge in [-0.15, -0.1) is 0 Å². The largest absolute Gasteiger partial charge is 0.397 e. The number of hydrogen-bond acceptors (Lipinski definition) is 4. The third-order valence-corrected chi connectivity index (χ3v) is 2.30. The van der Waals surface area contributed by atoms with Gasteiger partial charge in [0.15, 0.2) is 0 Å². The average molecular weight is 258 g/mol. The number of halogens is 1. The maximum atomic E-state index is 11.9. The summed E-state index contributed by atoms with van der Waals surface area (Å²) in [5.74, 6) is -0.279. The smallest absolute Gasteiger partial charge is 0.253 e. The summed E-state index contributed by atoms with van der Waals surface area (Å²) in [5, 5.41) is 3.01. The van der Waals surface area contributed by atoms with E-state index in [0.29, 0.717) is 24.5 Å². The van der Waals surface area contributed by atoms with Gasteiger partial charge < -0.3 is 15.8 Å². The summed E-state index contributed by atoms with van der Waals surface area (Å²) >= 11 is 5.71. The van der Waals surface area contributed by atoms with Crippen molar-refractivity contribution < 1.29 is 9.53 Å². The first-order valence-corrected chi connectivity index (χ1v) is 5.72. The Labute approximate surface area is 105 Å². The molecule has 0 aliphatic carbocycles. The van der Waals surface area contributed by atoms with Crippen LogP contribution in [0.25, 0.3) is 0 Å². The highest BCUT2D eigenvalue weighted by molar-refractivity contribution is 6.29. The van der Waals surface area contributed by atoms with Gasteiger partial charge >= 0.3 is 0 Å². The van der Waals surface area contributed by atoms with Gasteiger partial charge in [0, 0.05) is 12.6 Å². The summed E-state index contributed by atoms with van der Waals surface area (Å²) < 4.78 is 5.20. The zero-order chi connectivity index (χ0) is 12.8. The van der Waals surface area contributed by atoms with Crippen molar-refractivity contribution in [1.82, 2.24) is 10.3 Å². The van der Waals surface area contributed by atoms with Crippen molar-refractivity contribution in [2.75, 3.05) is 18.9 Å². The van der Waals surface area contributed by atoms with Gasteiger partial charge in [0.05, 0.1) is 24.1 Å². The molecule has 94 valence electrons. The molecule has 0 spiro atoms. The van der Waals surface area contributed by atoms with Crippen molar-refractivity contribution in [2.24, 2.45) is 0 Å². The number of carbonyl (C=O) groups excluding carboxylic acids is 1. The first-order chi connectivity index (χ1) is 8.04. The molecule has 1 aromatic heterocycles. The minimum atomic E-state index is -0.279. The fourth-order valence-corrected chi connectivity index (χ4v) is 1.43. The molecule has 0 aliphatic heterocycles. The molecular weight excluding hydrogens is 242 g/mol. The van der Waals surface area contributed by atoms with Gasteiger partial charge in [0.25, 0.3) is 5.91 Å². The molecule has 1 heterocycles. The first-order valence-electron chi connectivity index (χ1n) is 5.34. The van der Waals surface area contributed by atoms with E-state index in [-0.39, 0.29) is 17.1 Å². The Hall–Kier alpha value is -1.33. The van der Waals surface area contributed by atoms with Crippen LogP contribution in [-0.4, -0.2) is 30.1 Å². The summed E-state index contributed by atoms with van der Waals surface area (Å²) in [4.78, 5) is 15.6. The molecule has 1 unspecified atom stereocenters. The van der Waals surface area contributed by atoms with Crippen LogP contribution < -0.4 is 11.1 Å². The van der Waals surface area contributed by atoms with Crippen LogP contribution in [0.1, 0.15) is 24.2 Å². The van der Waals surface area contributed by atoms with E-state index in [2.05, 4.69) is 10.3 Å². The second-order valence-corrected chi connectivity index (χ2v) is 4.02. The molecule has 1 rings (SSSR count). The molecule has 0 bridgehead atoms. The normalized spacial score (nSPS) is 12.2. The lowest BCUT2D eigenvalue weighted by atomic mass is 10.2. The van der Waals surface area contributed by atoms with Crippen molar-refractivity contribution in [3.05, 3.63) is 23.0 Å². The molecule has 17 heavy (non-hydrogen) atoms. The predicted octanol–water partition coefficient (Wildman–Crippen LogP) is 1.47. The molecule has 0 aromatic carbocycles. The Morgan fingerprint density at radius 2 is 2.41 bits per heavy atom. The van der Waals surface area contributed by atoms with E-state index in [4.69, 9.17) is 22.1 Å². The minimum Gasteiger partial charge on any atom is -0.397 e. The number of nitrogen functional groups attached to an aromatic ring is 1. The van der Waals surface area contributed by atoms with E-state index < -0.39 is 0 Å². The molecule has 3 N–H and O–H groups in total. The topological polar surface area (TPSA) is 77.2 Å².